The Hall–Kier alpha value is -2.61. The van der Waals surface area contributed by atoms with E-state index in [1.165, 1.54) is 17.6 Å². The predicted octanol–water partition coefficient (Wildman–Crippen LogP) is 2.99. The van der Waals surface area contributed by atoms with Crippen LogP contribution in [0.1, 0.15) is 45.1 Å². The van der Waals surface area contributed by atoms with Crippen LogP contribution in [-0.4, -0.2) is 53.7 Å². The van der Waals surface area contributed by atoms with Gasteiger partial charge in [-0.1, -0.05) is 6.42 Å². The van der Waals surface area contributed by atoms with Gasteiger partial charge in [-0.2, -0.15) is 0 Å². The van der Waals surface area contributed by atoms with E-state index < -0.39 is 0 Å². The second-order valence-corrected chi connectivity index (χ2v) is 8.35. The number of carbonyl (C=O) groups excluding carboxylic acids is 3. The van der Waals surface area contributed by atoms with Crippen molar-refractivity contribution >= 4 is 34.1 Å². The average Bonchev–Trinajstić information content (AvgIpc) is 3.30. The third-order valence-corrected chi connectivity index (χ3v) is 6.57. The highest BCUT2D eigenvalue weighted by molar-refractivity contribution is 7.18. The normalized spacial score (nSPS) is 17.3. The van der Waals surface area contributed by atoms with Gasteiger partial charge in [0.15, 0.2) is 5.76 Å². The molecule has 1 aliphatic carbocycles. The highest BCUT2D eigenvalue weighted by atomic mass is 32.1. The van der Waals surface area contributed by atoms with Crippen LogP contribution >= 0.6 is 11.3 Å². The highest BCUT2D eigenvalue weighted by Gasteiger charge is 2.32. The molecule has 2 aliphatic rings. The van der Waals surface area contributed by atoms with E-state index in [9.17, 15) is 14.4 Å². The maximum Gasteiger partial charge on any atom is 0.291 e. The molecule has 2 aromatic rings. The number of rotatable bonds is 4. The molecule has 2 aromatic heterocycles. The summed E-state index contributed by atoms with van der Waals surface area (Å²) < 4.78 is 5.09. The molecule has 0 aromatic carbocycles. The molecule has 4 rings (SSSR count). The Morgan fingerprint density at radius 1 is 1.14 bits per heavy atom. The van der Waals surface area contributed by atoms with Crippen LogP contribution in [0.3, 0.4) is 0 Å². The van der Waals surface area contributed by atoms with Gasteiger partial charge < -0.3 is 19.5 Å². The van der Waals surface area contributed by atoms with E-state index in [1.807, 2.05) is 11.8 Å². The zero-order valence-electron chi connectivity index (χ0n) is 15.8. The number of nitrogens with zero attached hydrogens (tertiary/aromatic N) is 2. The molecule has 0 atom stereocenters. The Bertz CT molecular complexity index is 877. The van der Waals surface area contributed by atoms with Crippen molar-refractivity contribution in [3.63, 3.8) is 0 Å². The molecule has 0 radical (unpaired) electrons. The van der Waals surface area contributed by atoms with Crippen molar-refractivity contribution in [2.24, 2.45) is 5.92 Å². The van der Waals surface area contributed by atoms with Gasteiger partial charge in [-0.3, -0.25) is 14.4 Å². The molecule has 0 spiro atoms. The first-order valence-electron chi connectivity index (χ1n) is 9.56. The van der Waals surface area contributed by atoms with Gasteiger partial charge in [0.25, 0.3) is 11.8 Å². The van der Waals surface area contributed by atoms with Crippen molar-refractivity contribution < 1.29 is 18.8 Å². The number of hydrogen-bond donors (Lipinski definition) is 1. The van der Waals surface area contributed by atoms with Crippen LogP contribution in [-0.2, 0) is 4.79 Å². The molecule has 1 aliphatic heterocycles. The standard InChI is InChI=1S/C20H23N3O4S/c1-13-12-16(21-18(24)15-6-3-11-27-15)28-17(13)20(26)23-9-7-22(8-10-23)19(25)14-4-2-5-14/h3,6,11-12,14H,2,4-5,7-10H2,1H3,(H,21,24). The van der Waals surface area contributed by atoms with E-state index in [4.69, 9.17) is 4.42 Å². The van der Waals surface area contributed by atoms with Crippen LogP contribution in [0.25, 0.3) is 0 Å². The molecule has 1 saturated carbocycles. The monoisotopic (exact) mass is 401 g/mol. The molecule has 7 nitrogen and oxygen atoms in total. The first-order valence-corrected chi connectivity index (χ1v) is 10.4. The average molecular weight is 401 g/mol. The van der Waals surface area contributed by atoms with Crippen LogP contribution in [0.2, 0.25) is 0 Å². The number of piperazine rings is 1. The van der Waals surface area contributed by atoms with Crippen LogP contribution < -0.4 is 5.32 Å². The maximum absolute atomic E-state index is 12.9. The van der Waals surface area contributed by atoms with Crippen molar-refractivity contribution in [3.05, 3.63) is 40.7 Å². The smallest absolute Gasteiger partial charge is 0.291 e. The number of thiophene rings is 1. The van der Waals surface area contributed by atoms with Gasteiger partial charge in [0.05, 0.1) is 16.1 Å². The lowest BCUT2D eigenvalue weighted by molar-refractivity contribution is -0.139. The van der Waals surface area contributed by atoms with Gasteiger partial charge in [0.1, 0.15) is 0 Å². The molecule has 1 N–H and O–H groups in total. The number of aryl methyl sites for hydroxylation is 1. The van der Waals surface area contributed by atoms with Gasteiger partial charge in [0, 0.05) is 32.1 Å². The SMILES string of the molecule is Cc1cc(NC(=O)c2ccco2)sc1C(=O)N1CCN(C(=O)C2CCC2)CC1. The minimum Gasteiger partial charge on any atom is -0.459 e. The largest absolute Gasteiger partial charge is 0.459 e. The van der Waals surface area contributed by atoms with Crippen molar-refractivity contribution in [1.29, 1.82) is 0 Å². The second kappa shape index (κ2) is 7.79. The first kappa shape index (κ1) is 18.7. The van der Waals surface area contributed by atoms with Gasteiger partial charge in [-0.15, -0.1) is 11.3 Å². The number of amides is 3. The fourth-order valence-electron chi connectivity index (χ4n) is 3.52. The minimum absolute atomic E-state index is 0.0447. The van der Waals surface area contributed by atoms with Gasteiger partial charge in [-0.25, -0.2) is 0 Å². The quantitative estimate of drug-likeness (QED) is 0.854. The maximum atomic E-state index is 12.9. The van der Waals surface area contributed by atoms with Gasteiger partial charge in [0.2, 0.25) is 5.91 Å². The lowest BCUT2D eigenvalue weighted by Gasteiger charge is -2.38. The summed E-state index contributed by atoms with van der Waals surface area (Å²) in [5.41, 5.74) is 0.831. The summed E-state index contributed by atoms with van der Waals surface area (Å²) in [6.07, 6.45) is 4.59. The van der Waals surface area contributed by atoms with Gasteiger partial charge in [-0.05, 0) is 43.5 Å². The van der Waals surface area contributed by atoms with E-state index in [1.54, 1.807) is 23.1 Å². The first-order chi connectivity index (χ1) is 13.5. The topological polar surface area (TPSA) is 82.9 Å². The Balaban J connectivity index is 1.36. The van der Waals surface area contributed by atoms with Crippen molar-refractivity contribution in [2.45, 2.75) is 26.2 Å². The molecule has 28 heavy (non-hydrogen) atoms. The Kier molecular flexibility index (Phi) is 5.21. The molecule has 1 saturated heterocycles. The Labute approximate surface area is 167 Å². The molecule has 148 valence electrons. The van der Waals surface area contributed by atoms with Crippen molar-refractivity contribution in [2.75, 3.05) is 31.5 Å². The van der Waals surface area contributed by atoms with Crippen LogP contribution in [0.5, 0.6) is 0 Å². The molecule has 0 bridgehead atoms. The summed E-state index contributed by atoms with van der Waals surface area (Å²) in [7, 11) is 0. The van der Waals surface area contributed by atoms with E-state index in [2.05, 4.69) is 5.32 Å². The zero-order chi connectivity index (χ0) is 19.7. The van der Waals surface area contributed by atoms with Crippen LogP contribution in [0.4, 0.5) is 5.00 Å². The van der Waals surface area contributed by atoms with E-state index >= 15 is 0 Å². The van der Waals surface area contributed by atoms with Crippen molar-refractivity contribution in [1.82, 2.24) is 9.80 Å². The summed E-state index contributed by atoms with van der Waals surface area (Å²) in [5.74, 6) is 0.284. The minimum atomic E-state index is -0.339. The molecular weight excluding hydrogens is 378 g/mol. The summed E-state index contributed by atoms with van der Waals surface area (Å²) in [4.78, 5) is 41.7. The number of furan rings is 1. The third kappa shape index (κ3) is 3.69. The Morgan fingerprint density at radius 3 is 2.46 bits per heavy atom. The van der Waals surface area contributed by atoms with E-state index in [-0.39, 0.29) is 29.4 Å². The molecule has 3 heterocycles. The number of anilines is 1. The summed E-state index contributed by atoms with van der Waals surface area (Å²) in [6.45, 7) is 4.13. The number of hydrogen-bond acceptors (Lipinski definition) is 5. The summed E-state index contributed by atoms with van der Waals surface area (Å²) in [5, 5.41) is 3.38. The number of nitrogens with one attached hydrogen (secondary N) is 1. The van der Waals surface area contributed by atoms with Gasteiger partial charge >= 0.3 is 0 Å². The zero-order valence-corrected chi connectivity index (χ0v) is 16.6. The van der Waals surface area contributed by atoms with E-state index in [0.29, 0.717) is 36.1 Å². The van der Waals surface area contributed by atoms with Crippen LogP contribution in [0.15, 0.2) is 28.9 Å². The third-order valence-electron chi connectivity index (χ3n) is 5.43. The number of carbonyl (C=O) groups is 3. The molecular formula is C20H23N3O4S. The molecule has 3 amide bonds. The lowest BCUT2D eigenvalue weighted by atomic mass is 9.84. The van der Waals surface area contributed by atoms with Crippen LogP contribution in [0, 0.1) is 12.8 Å². The molecule has 8 heteroatoms. The molecule has 2 fully saturated rings. The highest BCUT2D eigenvalue weighted by Crippen LogP contribution is 2.30. The summed E-state index contributed by atoms with van der Waals surface area (Å²) in [6, 6.07) is 5.04. The van der Waals surface area contributed by atoms with Crippen molar-refractivity contribution in [3.8, 4) is 0 Å². The predicted molar refractivity (Wildman–Crippen MR) is 106 cm³/mol. The summed E-state index contributed by atoms with van der Waals surface area (Å²) >= 11 is 1.27. The van der Waals surface area contributed by atoms with E-state index in [0.717, 1.165) is 24.8 Å². The molecule has 0 unspecified atom stereocenters. The Morgan fingerprint density at radius 2 is 1.86 bits per heavy atom. The fourth-order valence-corrected chi connectivity index (χ4v) is 4.56. The fraction of sp³-hybridized carbons (Fsp3) is 0.450. The second-order valence-electron chi connectivity index (χ2n) is 7.30. The lowest BCUT2D eigenvalue weighted by Crippen LogP contribution is -2.52.